The predicted molar refractivity (Wildman–Crippen MR) is 114 cm³/mol. The summed E-state index contributed by atoms with van der Waals surface area (Å²) in [6, 6.07) is 7.45. The summed E-state index contributed by atoms with van der Waals surface area (Å²) in [5.74, 6) is 1.71. The minimum atomic E-state index is 0.0103. The molecule has 160 valence electrons. The van der Waals surface area contributed by atoms with Crippen LogP contribution in [0.3, 0.4) is 0 Å². The lowest BCUT2D eigenvalue weighted by atomic mass is 9.99. The molecule has 1 atom stereocenters. The van der Waals surface area contributed by atoms with E-state index in [2.05, 4.69) is 11.8 Å². The second-order valence-corrected chi connectivity index (χ2v) is 8.57. The van der Waals surface area contributed by atoms with Gasteiger partial charge >= 0.3 is 0 Å². The summed E-state index contributed by atoms with van der Waals surface area (Å²) in [6.07, 6.45) is 5.06. The molecule has 2 fully saturated rings. The van der Waals surface area contributed by atoms with Gasteiger partial charge in [0.2, 0.25) is 5.91 Å². The Morgan fingerprint density at radius 1 is 1.10 bits per heavy atom. The van der Waals surface area contributed by atoms with Gasteiger partial charge in [-0.2, -0.15) is 0 Å². The van der Waals surface area contributed by atoms with Crippen molar-refractivity contribution < 1.29 is 14.3 Å². The van der Waals surface area contributed by atoms with Crippen molar-refractivity contribution in [3.63, 3.8) is 0 Å². The minimum Gasteiger partial charge on any atom is -0.497 e. The summed E-state index contributed by atoms with van der Waals surface area (Å²) < 4.78 is 5.24. The monoisotopic (exact) mass is 401 g/mol. The molecule has 2 amide bonds. The van der Waals surface area contributed by atoms with Crippen molar-refractivity contribution in [1.82, 2.24) is 14.7 Å². The van der Waals surface area contributed by atoms with Crippen molar-refractivity contribution in [2.45, 2.75) is 45.1 Å². The fourth-order valence-electron chi connectivity index (χ4n) is 4.35. The number of hydrogen-bond donors (Lipinski definition) is 0. The van der Waals surface area contributed by atoms with Gasteiger partial charge in [0, 0.05) is 31.7 Å². The predicted octanol–water partition coefficient (Wildman–Crippen LogP) is 2.88. The third kappa shape index (κ3) is 5.72. The molecule has 0 N–H and O–H groups in total. The van der Waals surface area contributed by atoms with Crippen molar-refractivity contribution in [3.05, 3.63) is 29.8 Å². The summed E-state index contributed by atoms with van der Waals surface area (Å²) in [5, 5.41) is 0. The van der Waals surface area contributed by atoms with Crippen LogP contribution in [0.5, 0.6) is 5.75 Å². The molecule has 2 aliphatic rings. The molecule has 2 aliphatic heterocycles. The average Bonchev–Trinajstić information content (AvgIpc) is 3.00. The maximum Gasteiger partial charge on any atom is 0.253 e. The number of amides is 2. The Kier molecular flexibility index (Phi) is 7.53. The van der Waals surface area contributed by atoms with Gasteiger partial charge in [0.15, 0.2) is 0 Å². The maximum absolute atomic E-state index is 12.9. The third-order valence-electron chi connectivity index (χ3n) is 6.47. The molecule has 2 saturated heterocycles. The molecule has 1 aromatic rings. The summed E-state index contributed by atoms with van der Waals surface area (Å²) in [5.41, 5.74) is 0.642. The molecule has 2 heterocycles. The molecule has 6 heteroatoms. The lowest BCUT2D eigenvalue weighted by Gasteiger charge is -2.32. The van der Waals surface area contributed by atoms with E-state index in [1.165, 1.54) is 12.8 Å². The summed E-state index contributed by atoms with van der Waals surface area (Å²) >= 11 is 0. The second-order valence-electron chi connectivity index (χ2n) is 8.57. The number of likely N-dealkylation sites (tertiary alicyclic amines) is 2. The highest BCUT2D eigenvalue weighted by Gasteiger charge is 2.27. The van der Waals surface area contributed by atoms with Gasteiger partial charge in [-0.1, -0.05) is 13.0 Å². The molecule has 0 spiro atoms. The molecule has 1 aromatic carbocycles. The van der Waals surface area contributed by atoms with Crippen LogP contribution in [0.2, 0.25) is 0 Å². The first-order chi connectivity index (χ1) is 14.0. The number of methoxy groups -OCH3 is 1. The van der Waals surface area contributed by atoms with Crippen molar-refractivity contribution >= 4 is 11.8 Å². The fourth-order valence-corrected chi connectivity index (χ4v) is 4.35. The highest BCUT2D eigenvalue weighted by molar-refractivity contribution is 5.94. The standard InChI is InChI=1S/C23H35N3O3/c1-18-9-13-25(14-10-18)17-22(27)26-12-5-7-20(11-15-26)24(2)23(28)19-6-4-8-21(16-19)29-3/h4,6,8,16,18,20H,5,7,9-15,17H2,1-3H3. The quantitative estimate of drug-likeness (QED) is 0.761. The Morgan fingerprint density at radius 2 is 1.86 bits per heavy atom. The van der Waals surface area contributed by atoms with Crippen LogP contribution in [0, 0.1) is 5.92 Å². The number of rotatable bonds is 5. The van der Waals surface area contributed by atoms with Crippen molar-refractivity contribution in [3.8, 4) is 5.75 Å². The molecule has 0 bridgehead atoms. The lowest BCUT2D eigenvalue weighted by Crippen LogP contribution is -2.44. The molecular weight excluding hydrogens is 366 g/mol. The number of carbonyl (C=O) groups excluding carboxylic acids is 2. The molecule has 29 heavy (non-hydrogen) atoms. The van der Waals surface area contributed by atoms with Crippen LogP contribution in [-0.2, 0) is 4.79 Å². The third-order valence-corrected chi connectivity index (χ3v) is 6.47. The van der Waals surface area contributed by atoms with E-state index in [1.54, 1.807) is 13.2 Å². The topological polar surface area (TPSA) is 53.1 Å². The first kappa shape index (κ1) is 21.6. The number of benzene rings is 1. The number of ether oxygens (including phenoxy) is 1. The summed E-state index contributed by atoms with van der Waals surface area (Å²) in [7, 11) is 3.48. The van der Waals surface area contributed by atoms with Gasteiger partial charge in [-0.15, -0.1) is 0 Å². The zero-order chi connectivity index (χ0) is 20.8. The molecule has 0 aromatic heterocycles. The molecule has 0 saturated carbocycles. The first-order valence-electron chi connectivity index (χ1n) is 10.9. The van der Waals surface area contributed by atoms with Gasteiger partial charge in [0.25, 0.3) is 5.91 Å². The van der Waals surface area contributed by atoms with Crippen LogP contribution in [0.1, 0.15) is 49.4 Å². The Hall–Kier alpha value is -2.08. The fraction of sp³-hybridized carbons (Fsp3) is 0.652. The second kappa shape index (κ2) is 10.1. The van der Waals surface area contributed by atoms with Crippen molar-refractivity contribution in [2.24, 2.45) is 5.92 Å². The largest absolute Gasteiger partial charge is 0.497 e. The van der Waals surface area contributed by atoms with Crippen LogP contribution >= 0.6 is 0 Å². The van der Waals surface area contributed by atoms with Gasteiger partial charge in [-0.3, -0.25) is 14.5 Å². The molecule has 3 rings (SSSR count). The zero-order valence-electron chi connectivity index (χ0n) is 18.1. The maximum atomic E-state index is 12.9. The minimum absolute atomic E-state index is 0.0103. The van der Waals surface area contributed by atoms with E-state index in [0.717, 1.165) is 51.4 Å². The zero-order valence-corrected chi connectivity index (χ0v) is 18.1. The average molecular weight is 402 g/mol. The highest BCUT2D eigenvalue weighted by atomic mass is 16.5. The van der Waals surface area contributed by atoms with E-state index in [1.807, 2.05) is 35.0 Å². The van der Waals surface area contributed by atoms with E-state index in [9.17, 15) is 9.59 Å². The SMILES string of the molecule is COc1cccc(C(=O)N(C)C2CCCN(C(=O)CN3CCC(C)CC3)CC2)c1. The molecule has 6 nitrogen and oxygen atoms in total. The number of piperidine rings is 1. The Balaban J connectivity index is 1.53. The Morgan fingerprint density at radius 3 is 2.59 bits per heavy atom. The molecule has 0 radical (unpaired) electrons. The highest BCUT2D eigenvalue weighted by Crippen LogP contribution is 2.21. The van der Waals surface area contributed by atoms with E-state index < -0.39 is 0 Å². The molecule has 0 aliphatic carbocycles. The first-order valence-corrected chi connectivity index (χ1v) is 10.9. The normalized spacial score (nSPS) is 21.5. The van der Waals surface area contributed by atoms with Crippen LogP contribution in [-0.4, -0.2) is 79.4 Å². The molecular formula is C23H35N3O3. The van der Waals surface area contributed by atoms with Crippen LogP contribution in [0.4, 0.5) is 0 Å². The van der Waals surface area contributed by atoms with Crippen molar-refractivity contribution in [1.29, 1.82) is 0 Å². The van der Waals surface area contributed by atoms with Crippen LogP contribution < -0.4 is 4.74 Å². The van der Waals surface area contributed by atoms with Crippen LogP contribution in [0.15, 0.2) is 24.3 Å². The van der Waals surface area contributed by atoms with E-state index in [4.69, 9.17) is 4.74 Å². The van der Waals surface area contributed by atoms with E-state index in [0.29, 0.717) is 17.9 Å². The van der Waals surface area contributed by atoms with Crippen molar-refractivity contribution in [2.75, 3.05) is 46.9 Å². The number of hydrogen-bond acceptors (Lipinski definition) is 4. The lowest BCUT2D eigenvalue weighted by molar-refractivity contribution is -0.132. The smallest absolute Gasteiger partial charge is 0.253 e. The summed E-state index contributed by atoms with van der Waals surface area (Å²) in [6.45, 7) is 6.40. The van der Waals surface area contributed by atoms with E-state index in [-0.39, 0.29) is 17.9 Å². The van der Waals surface area contributed by atoms with E-state index >= 15 is 0 Å². The van der Waals surface area contributed by atoms with Gasteiger partial charge in [-0.25, -0.2) is 0 Å². The number of carbonyl (C=O) groups is 2. The Labute approximate surface area is 174 Å². The summed E-state index contributed by atoms with van der Waals surface area (Å²) in [4.78, 5) is 31.8. The van der Waals surface area contributed by atoms with Crippen LogP contribution in [0.25, 0.3) is 0 Å². The molecule has 1 unspecified atom stereocenters. The Bertz CT molecular complexity index is 700. The van der Waals surface area contributed by atoms with Gasteiger partial charge < -0.3 is 14.5 Å². The van der Waals surface area contributed by atoms with Gasteiger partial charge in [0.05, 0.1) is 13.7 Å². The van der Waals surface area contributed by atoms with Gasteiger partial charge in [-0.05, 0) is 69.3 Å². The number of nitrogens with zero attached hydrogens (tertiary/aromatic N) is 3. The van der Waals surface area contributed by atoms with Gasteiger partial charge in [0.1, 0.15) is 5.75 Å².